The molecule has 4 heteroatoms. The summed E-state index contributed by atoms with van der Waals surface area (Å²) in [6.07, 6.45) is 8.20. The molecule has 0 saturated heterocycles. The zero-order valence-corrected chi connectivity index (χ0v) is 20.1. The maximum absolute atomic E-state index is 6.40. The molecule has 0 bridgehead atoms. The first-order valence-corrected chi connectivity index (χ1v) is 20.4. The molecule has 0 N–H and O–H groups in total. The van der Waals surface area contributed by atoms with Gasteiger partial charge in [-0.1, -0.05) is 0 Å². The van der Waals surface area contributed by atoms with Gasteiger partial charge in [-0.05, 0) is 0 Å². The molecule has 0 aliphatic heterocycles. The molecule has 0 amide bonds. The Labute approximate surface area is 160 Å². The van der Waals surface area contributed by atoms with Crippen molar-refractivity contribution < 1.29 is 0 Å². The zero-order chi connectivity index (χ0) is 17.1. The SMILES string of the molecule is CCC[CH2][Sn]([CH2]CCC)([CH2]CCC)[S]Cc1c(Cl)cccc1Cl. The standard InChI is InChI=1S/C7H6Cl2S.3C4H9.Sn/c8-6-2-1-3-7(9)5(6)4-10;3*1-3-4-2;/h1-3,10H,4H2;3*1,3-4H2,2H3;/q;;;;+1/p-1. The normalized spacial score (nSPS) is 11.9. The second-order valence-electron chi connectivity index (χ2n) is 6.48. The van der Waals surface area contributed by atoms with Gasteiger partial charge >= 0.3 is 161 Å². The molecule has 0 unspecified atom stereocenters. The molecule has 0 heterocycles. The minimum atomic E-state index is -2.15. The average Bonchev–Trinajstić information content (AvgIpc) is 2.55. The van der Waals surface area contributed by atoms with Gasteiger partial charge in [0.05, 0.1) is 0 Å². The average molecular weight is 482 g/mol. The molecule has 0 saturated carbocycles. The van der Waals surface area contributed by atoms with E-state index in [0.29, 0.717) is 0 Å². The van der Waals surface area contributed by atoms with E-state index in [1.54, 1.807) is 0 Å². The van der Waals surface area contributed by atoms with Crippen molar-refractivity contribution in [1.82, 2.24) is 0 Å². The summed E-state index contributed by atoms with van der Waals surface area (Å²) in [5.74, 6) is 1.02. The minimum absolute atomic E-state index is 0.840. The molecule has 132 valence electrons. The molecule has 0 atom stereocenters. The van der Waals surface area contributed by atoms with Crippen molar-refractivity contribution in [1.29, 1.82) is 0 Å². The number of hydrogen-bond acceptors (Lipinski definition) is 1. The van der Waals surface area contributed by atoms with Crippen molar-refractivity contribution >= 4 is 49.1 Å². The third-order valence-electron chi connectivity index (χ3n) is 4.54. The van der Waals surface area contributed by atoms with Crippen LogP contribution >= 0.6 is 32.1 Å². The van der Waals surface area contributed by atoms with Gasteiger partial charge in [0.1, 0.15) is 0 Å². The van der Waals surface area contributed by atoms with Crippen molar-refractivity contribution in [2.75, 3.05) is 0 Å². The number of halogens is 2. The first-order chi connectivity index (χ1) is 11.1. The van der Waals surface area contributed by atoms with E-state index in [-0.39, 0.29) is 0 Å². The summed E-state index contributed by atoms with van der Waals surface area (Å²) in [5.41, 5.74) is 1.16. The van der Waals surface area contributed by atoms with Crippen LogP contribution in [-0.2, 0) is 5.75 Å². The van der Waals surface area contributed by atoms with Gasteiger partial charge in [0.15, 0.2) is 0 Å². The Hall–Kier alpha value is 0.949. The van der Waals surface area contributed by atoms with Crippen LogP contribution < -0.4 is 0 Å². The van der Waals surface area contributed by atoms with E-state index in [0.717, 1.165) is 21.4 Å². The fraction of sp³-hybridized carbons (Fsp3) is 0.684. The Morgan fingerprint density at radius 3 is 1.65 bits per heavy atom. The third kappa shape index (κ3) is 7.79. The van der Waals surface area contributed by atoms with Crippen LogP contribution in [0.2, 0.25) is 23.4 Å². The van der Waals surface area contributed by atoms with Crippen LogP contribution in [0.5, 0.6) is 0 Å². The molecule has 1 aromatic rings. The summed E-state index contributed by atoms with van der Waals surface area (Å²) >= 11 is 10.6. The predicted molar refractivity (Wildman–Crippen MR) is 113 cm³/mol. The summed E-state index contributed by atoms with van der Waals surface area (Å²) in [7, 11) is 2.31. The van der Waals surface area contributed by atoms with Crippen LogP contribution in [0.1, 0.15) is 64.9 Å². The molecule has 0 nitrogen and oxygen atoms in total. The Kier molecular flexibility index (Phi) is 11.8. The molecule has 23 heavy (non-hydrogen) atoms. The molecule has 1 aromatic carbocycles. The summed E-state index contributed by atoms with van der Waals surface area (Å²) < 4.78 is 4.58. The second kappa shape index (κ2) is 12.3. The van der Waals surface area contributed by atoms with Crippen LogP contribution in [0, 0.1) is 0 Å². The molecular formula is C19H32Cl2SSn. The van der Waals surface area contributed by atoms with Crippen molar-refractivity contribution in [3.8, 4) is 0 Å². The van der Waals surface area contributed by atoms with E-state index < -0.39 is 17.0 Å². The van der Waals surface area contributed by atoms with E-state index in [1.807, 2.05) is 18.2 Å². The molecule has 0 aliphatic rings. The van der Waals surface area contributed by atoms with Gasteiger partial charge in [0.25, 0.3) is 0 Å². The summed E-state index contributed by atoms with van der Waals surface area (Å²) in [4.78, 5) is 0. The number of hydrogen-bond donors (Lipinski definition) is 0. The molecule has 0 radical (unpaired) electrons. The Bertz CT molecular complexity index is 409. The van der Waals surface area contributed by atoms with Gasteiger partial charge in [-0.25, -0.2) is 0 Å². The van der Waals surface area contributed by atoms with Crippen LogP contribution in [0.25, 0.3) is 0 Å². The van der Waals surface area contributed by atoms with E-state index in [4.69, 9.17) is 23.2 Å². The predicted octanol–water partition coefficient (Wildman–Crippen LogP) is 8.57. The van der Waals surface area contributed by atoms with E-state index in [9.17, 15) is 0 Å². The summed E-state index contributed by atoms with van der Waals surface area (Å²) in [6, 6.07) is 5.90. The molecule has 0 fully saturated rings. The Morgan fingerprint density at radius 1 is 0.826 bits per heavy atom. The van der Waals surface area contributed by atoms with Crippen molar-refractivity contribution in [3.05, 3.63) is 33.8 Å². The fourth-order valence-corrected chi connectivity index (χ4v) is 26.0. The zero-order valence-electron chi connectivity index (χ0n) is 15.0. The molecule has 1 rings (SSSR count). The van der Waals surface area contributed by atoms with Crippen LogP contribution in [0.15, 0.2) is 18.2 Å². The van der Waals surface area contributed by atoms with Crippen LogP contribution in [-0.4, -0.2) is 17.0 Å². The number of benzene rings is 1. The molecule has 0 spiro atoms. The quantitative estimate of drug-likeness (QED) is 0.269. The van der Waals surface area contributed by atoms with Crippen molar-refractivity contribution in [3.63, 3.8) is 0 Å². The van der Waals surface area contributed by atoms with Crippen LogP contribution in [0.3, 0.4) is 0 Å². The Morgan fingerprint density at radius 2 is 1.26 bits per heavy atom. The first kappa shape index (κ1) is 22.0. The summed E-state index contributed by atoms with van der Waals surface area (Å²) in [6.45, 7) is 6.98. The van der Waals surface area contributed by atoms with Crippen molar-refractivity contribution in [2.45, 2.75) is 78.4 Å². The van der Waals surface area contributed by atoms with Crippen LogP contribution in [0.4, 0.5) is 0 Å². The van der Waals surface area contributed by atoms with Gasteiger partial charge in [-0.15, -0.1) is 0 Å². The molecular weight excluding hydrogens is 450 g/mol. The number of unbranched alkanes of at least 4 members (excludes halogenated alkanes) is 3. The van der Waals surface area contributed by atoms with E-state index >= 15 is 0 Å². The van der Waals surface area contributed by atoms with Gasteiger partial charge < -0.3 is 0 Å². The topological polar surface area (TPSA) is 0 Å². The monoisotopic (exact) mass is 482 g/mol. The van der Waals surface area contributed by atoms with E-state index in [1.165, 1.54) is 51.8 Å². The second-order valence-corrected chi connectivity index (χ2v) is 27.2. The van der Waals surface area contributed by atoms with Gasteiger partial charge in [-0.3, -0.25) is 0 Å². The van der Waals surface area contributed by atoms with Gasteiger partial charge in [0.2, 0.25) is 0 Å². The Balaban J connectivity index is 2.87. The number of rotatable bonds is 12. The van der Waals surface area contributed by atoms with Gasteiger partial charge in [0, 0.05) is 0 Å². The molecule has 0 aliphatic carbocycles. The molecule has 0 aromatic heterocycles. The fourth-order valence-electron chi connectivity index (χ4n) is 2.98. The maximum atomic E-state index is 6.40. The third-order valence-corrected chi connectivity index (χ3v) is 27.7. The van der Waals surface area contributed by atoms with Gasteiger partial charge in [-0.2, -0.15) is 0 Å². The van der Waals surface area contributed by atoms with Crippen molar-refractivity contribution in [2.24, 2.45) is 0 Å². The first-order valence-electron chi connectivity index (χ1n) is 9.15. The summed E-state index contributed by atoms with van der Waals surface area (Å²) in [5, 5.41) is 1.68. The van der Waals surface area contributed by atoms with E-state index in [2.05, 4.69) is 29.7 Å².